The lowest BCUT2D eigenvalue weighted by atomic mass is 9.88. The zero-order valence-electron chi connectivity index (χ0n) is 18.1. The van der Waals surface area contributed by atoms with Crippen molar-refractivity contribution in [2.24, 2.45) is 5.92 Å². The van der Waals surface area contributed by atoms with Crippen molar-refractivity contribution in [1.82, 2.24) is 0 Å². The molecule has 1 aliphatic heterocycles. The van der Waals surface area contributed by atoms with Gasteiger partial charge in [-0.05, 0) is 56.6 Å². The van der Waals surface area contributed by atoms with Crippen LogP contribution in [0.2, 0.25) is 0 Å². The van der Waals surface area contributed by atoms with Gasteiger partial charge in [0.15, 0.2) is 23.1 Å². The minimum absolute atomic E-state index is 0.00326. The molecule has 0 saturated heterocycles. The Labute approximate surface area is 181 Å². The quantitative estimate of drug-likeness (QED) is 0.413. The van der Waals surface area contributed by atoms with Crippen LogP contribution in [0.15, 0.2) is 18.2 Å². The molecule has 2 aromatic carbocycles. The second-order valence-electron chi connectivity index (χ2n) is 8.46. The molecule has 4 rings (SSSR count). The van der Waals surface area contributed by atoms with Gasteiger partial charge >= 0.3 is 0 Å². The Balaban J connectivity index is 1.49. The van der Waals surface area contributed by atoms with Gasteiger partial charge in [0.05, 0.1) is 12.7 Å². The fourth-order valence-corrected chi connectivity index (χ4v) is 4.55. The highest BCUT2D eigenvalue weighted by molar-refractivity contribution is 5.54. The molecule has 2 aliphatic rings. The zero-order chi connectivity index (χ0) is 22.0. The van der Waals surface area contributed by atoms with Gasteiger partial charge in [0, 0.05) is 24.2 Å². The van der Waals surface area contributed by atoms with Gasteiger partial charge in [0.1, 0.15) is 0 Å². The van der Waals surface area contributed by atoms with Crippen molar-refractivity contribution in [3.8, 4) is 17.2 Å². The number of aryl methyl sites for hydroxylation is 1. The summed E-state index contributed by atoms with van der Waals surface area (Å²) in [5.41, 5.74) is 1.60. The van der Waals surface area contributed by atoms with E-state index in [-0.39, 0.29) is 29.8 Å². The summed E-state index contributed by atoms with van der Waals surface area (Å²) in [5.74, 6) is -2.78. The molecule has 1 heterocycles. The molecule has 0 aromatic heterocycles. The molecule has 0 N–H and O–H groups in total. The molecule has 1 aliphatic carbocycles. The van der Waals surface area contributed by atoms with Gasteiger partial charge in [-0.1, -0.05) is 25.5 Å². The Morgan fingerprint density at radius 3 is 2.39 bits per heavy atom. The van der Waals surface area contributed by atoms with Crippen molar-refractivity contribution in [2.75, 3.05) is 13.2 Å². The highest BCUT2D eigenvalue weighted by atomic mass is 19.2. The summed E-state index contributed by atoms with van der Waals surface area (Å²) in [6.07, 6.45) is 5.69. The van der Waals surface area contributed by atoms with Crippen LogP contribution in [0.25, 0.3) is 0 Å². The van der Waals surface area contributed by atoms with E-state index in [0.717, 1.165) is 32.1 Å². The maximum Gasteiger partial charge on any atom is 0.205 e. The summed E-state index contributed by atoms with van der Waals surface area (Å²) in [6.45, 7) is 4.99. The molecule has 0 bridgehead atoms. The van der Waals surface area contributed by atoms with Gasteiger partial charge in [-0.15, -0.1) is 0 Å². The van der Waals surface area contributed by atoms with Crippen LogP contribution in [-0.2, 0) is 17.6 Å². The van der Waals surface area contributed by atoms with E-state index in [2.05, 4.69) is 0 Å². The number of benzene rings is 2. The molecule has 0 radical (unpaired) electrons. The second-order valence-corrected chi connectivity index (χ2v) is 8.46. The number of hydrogen-bond donors (Lipinski definition) is 0. The molecule has 0 atom stereocenters. The molecule has 0 amide bonds. The van der Waals surface area contributed by atoms with E-state index >= 15 is 0 Å². The van der Waals surface area contributed by atoms with Crippen LogP contribution in [-0.4, -0.2) is 19.3 Å². The van der Waals surface area contributed by atoms with E-state index < -0.39 is 17.5 Å². The molecule has 1 fully saturated rings. The summed E-state index contributed by atoms with van der Waals surface area (Å²) in [4.78, 5) is 0. The molecule has 3 nitrogen and oxygen atoms in total. The monoisotopic (exact) mass is 434 g/mol. The maximum absolute atomic E-state index is 14.8. The van der Waals surface area contributed by atoms with Gasteiger partial charge in [0.2, 0.25) is 11.6 Å². The highest BCUT2D eigenvalue weighted by Crippen LogP contribution is 2.43. The molecule has 168 valence electrons. The van der Waals surface area contributed by atoms with Crippen LogP contribution >= 0.6 is 0 Å². The first-order valence-electron chi connectivity index (χ1n) is 11.2. The number of ether oxygens (including phenoxy) is 3. The predicted octanol–water partition coefficient (Wildman–Crippen LogP) is 6.73. The number of hydrogen-bond acceptors (Lipinski definition) is 3. The van der Waals surface area contributed by atoms with Crippen LogP contribution in [0.5, 0.6) is 17.2 Å². The minimum Gasteiger partial charge on any atom is -0.490 e. The van der Waals surface area contributed by atoms with Gasteiger partial charge in [-0.2, -0.15) is 8.78 Å². The van der Waals surface area contributed by atoms with Crippen LogP contribution < -0.4 is 9.47 Å². The summed E-state index contributed by atoms with van der Waals surface area (Å²) in [7, 11) is 0. The van der Waals surface area contributed by atoms with Crippen LogP contribution in [0, 0.1) is 23.4 Å². The first kappa shape index (κ1) is 22.0. The Morgan fingerprint density at radius 2 is 1.68 bits per heavy atom. The average Bonchev–Trinajstić information content (AvgIpc) is 2.78. The van der Waals surface area contributed by atoms with Gasteiger partial charge < -0.3 is 14.2 Å². The van der Waals surface area contributed by atoms with Crippen LogP contribution in [0.4, 0.5) is 13.2 Å². The van der Waals surface area contributed by atoms with E-state index in [1.165, 1.54) is 6.07 Å². The maximum atomic E-state index is 14.8. The Morgan fingerprint density at radius 1 is 0.935 bits per heavy atom. The molecule has 0 unspecified atom stereocenters. The fourth-order valence-electron chi connectivity index (χ4n) is 4.55. The smallest absolute Gasteiger partial charge is 0.205 e. The van der Waals surface area contributed by atoms with Gasteiger partial charge in [-0.3, -0.25) is 0 Å². The molecular formula is C25H29F3O3. The topological polar surface area (TPSA) is 27.7 Å². The number of rotatable bonds is 7. The van der Waals surface area contributed by atoms with Crippen LogP contribution in [0.3, 0.4) is 0 Å². The second kappa shape index (κ2) is 9.51. The van der Waals surface area contributed by atoms with Crippen LogP contribution in [0.1, 0.15) is 62.6 Å². The summed E-state index contributed by atoms with van der Waals surface area (Å²) < 4.78 is 61.1. The van der Waals surface area contributed by atoms with Gasteiger partial charge in [0.25, 0.3) is 0 Å². The lowest BCUT2D eigenvalue weighted by Crippen LogP contribution is -2.25. The van der Waals surface area contributed by atoms with Crippen molar-refractivity contribution >= 4 is 0 Å². The Bertz CT molecular complexity index is 936. The summed E-state index contributed by atoms with van der Waals surface area (Å²) in [5, 5.41) is 0. The average molecular weight is 434 g/mol. The molecule has 2 aromatic rings. The molecule has 0 spiro atoms. The lowest BCUT2D eigenvalue weighted by molar-refractivity contribution is 0.0197. The summed E-state index contributed by atoms with van der Waals surface area (Å²) >= 11 is 0. The van der Waals surface area contributed by atoms with Crippen molar-refractivity contribution in [2.45, 2.75) is 64.9 Å². The predicted molar refractivity (Wildman–Crippen MR) is 113 cm³/mol. The Hall–Kier alpha value is -2.21. The summed E-state index contributed by atoms with van der Waals surface area (Å²) in [6, 6.07) is 5.02. The van der Waals surface area contributed by atoms with E-state index in [9.17, 15) is 13.2 Å². The first-order valence-corrected chi connectivity index (χ1v) is 11.2. The minimum atomic E-state index is -1.13. The van der Waals surface area contributed by atoms with Crippen molar-refractivity contribution in [3.05, 3.63) is 52.3 Å². The van der Waals surface area contributed by atoms with E-state index in [1.807, 2.05) is 13.8 Å². The number of fused-ring (bicyclic) bond motifs is 2. The highest BCUT2D eigenvalue weighted by Gasteiger charge is 2.29. The van der Waals surface area contributed by atoms with E-state index in [1.54, 1.807) is 12.1 Å². The third-order valence-electron chi connectivity index (χ3n) is 6.24. The van der Waals surface area contributed by atoms with Crippen molar-refractivity contribution < 1.29 is 27.4 Å². The lowest BCUT2D eigenvalue weighted by Gasteiger charge is -2.28. The molecule has 1 saturated carbocycles. The van der Waals surface area contributed by atoms with Gasteiger partial charge in [-0.25, -0.2) is 4.39 Å². The SMILES string of the molecule is CCCc1ccc2c(c1F)Oc1c(cc(OCC3CCC(OCC)CC3)c(F)c1F)C2. The zero-order valence-corrected chi connectivity index (χ0v) is 18.1. The molecule has 31 heavy (non-hydrogen) atoms. The third kappa shape index (κ3) is 4.54. The molecule has 6 heteroatoms. The molecular weight excluding hydrogens is 405 g/mol. The van der Waals surface area contributed by atoms with Crippen molar-refractivity contribution in [1.29, 1.82) is 0 Å². The largest absolute Gasteiger partial charge is 0.490 e. The standard InChI is InChI=1S/C25H29F3O3/c1-3-5-16-8-9-17-12-18-13-20(22(27)23(28)25(18)31-24(17)21(16)26)30-14-15-6-10-19(11-7-15)29-4-2/h8-9,13,15,19H,3-7,10-12,14H2,1-2H3. The number of halogens is 3. The third-order valence-corrected chi connectivity index (χ3v) is 6.24. The fraction of sp³-hybridized carbons (Fsp3) is 0.520. The van der Waals surface area contributed by atoms with Crippen molar-refractivity contribution in [3.63, 3.8) is 0 Å². The van der Waals surface area contributed by atoms with E-state index in [0.29, 0.717) is 42.2 Å². The van der Waals surface area contributed by atoms with E-state index in [4.69, 9.17) is 14.2 Å². The Kier molecular flexibility index (Phi) is 6.75. The normalized spacial score (nSPS) is 20.0. The first-order chi connectivity index (χ1) is 15.0.